The van der Waals surface area contributed by atoms with E-state index in [2.05, 4.69) is 39.2 Å². The van der Waals surface area contributed by atoms with Crippen LogP contribution in [0, 0.1) is 16.7 Å². The number of rotatable bonds is 8. The van der Waals surface area contributed by atoms with Crippen molar-refractivity contribution in [1.29, 1.82) is 0 Å². The molecule has 2 aromatic heterocycles. The number of aliphatic hydroxyl groups excluding tert-OH is 2. The monoisotopic (exact) mass is 620 g/mol. The first-order chi connectivity index (χ1) is 18.5. The molecule has 2 aromatic rings. The molecule has 4 aliphatic carbocycles. The Kier molecular flexibility index (Phi) is 6.66. The van der Waals surface area contributed by atoms with Crippen LogP contribution in [0.15, 0.2) is 6.33 Å². The number of nitrogens with zero attached hydrogens (tertiary/aromatic N) is 4. The molecule has 0 amide bonds. The van der Waals surface area contributed by atoms with Crippen molar-refractivity contribution in [2.75, 3.05) is 17.4 Å². The summed E-state index contributed by atoms with van der Waals surface area (Å²) in [6.45, 7) is 4.27. The fourth-order valence-corrected chi connectivity index (χ4v) is 11.4. The van der Waals surface area contributed by atoms with Gasteiger partial charge in [-0.05, 0) is 66.9 Å². The lowest BCUT2D eigenvalue weighted by atomic mass is 9.43. The second kappa shape index (κ2) is 9.29. The lowest BCUT2D eigenvalue weighted by molar-refractivity contribution is -0.0973. The summed E-state index contributed by atoms with van der Waals surface area (Å²) in [6.07, 6.45) is 2.82. The molecular formula is C23H34ClN6O8PS. The minimum Gasteiger partial charge on any atom is -0.387 e. The predicted molar refractivity (Wildman–Crippen MR) is 144 cm³/mol. The van der Waals surface area contributed by atoms with E-state index in [0.717, 1.165) is 19.3 Å². The van der Waals surface area contributed by atoms with Crippen molar-refractivity contribution in [2.45, 2.75) is 82.5 Å². The molecule has 0 radical (unpaired) electrons. The van der Waals surface area contributed by atoms with Crippen molar-refractivity contribution in [3.63, 3.8) is 0 Å². The van der Waals surface area contributed by atoms with E-state index in [1.807, 2.05) is 0 Å². The quantitative estimate of drug-likeness (QED) is 0.142. The van der Waals surface area contributed by atoms with Crippen LogP contribution >= 0.6 is 19.1 Å². The summed E-state index contributed by atoms with van der Waals surface area (Å²) >= 11 is 6.35. The molecule has 5 fully saturated rings. The second-order valence-corrected chi connectivity index (χ2v) is 17.3. The third-order valence-electron chi connectivity index (χ3n) is 8.89. The SMILES string of the molecule is C[C@]12C[C@@H]3C[C@](C)(C1)C[C@@](Nc1nc(Cl)nc4c1ncn4C1OC(CNP(=O)(O)CS(=O)(=O)O)C(O)C1O)(C3)C2. The van der Waals surface area contributed by atoms with Crippen molar-refractivity contribution in [3.8, 4) is 0 Å². The van der Waals surface area contributed by atoms with Gasteiger partial charge >= 0.3 is 0 Å². The number of halogens is 1. The average Bonchev–Trinajstić information content (AvgIpc) is 3.29. The van der Waals surface area contributed by atoms with Gasteiger partial charge in [-0.25, -0.2) is 10.1 Å². The minimum absolute atomic E-state index is 0.0309. The summed E-state index contributed by atoms with van der Waals surface area (Å²) in [7, 11) is -9.24. The van der Waals surface area contributed by atoms with Crippen LogP contribution in [0.2, 0.25) is 5.28 Å². The molecule has 4 saturated carbocycles. The second-order valence-electron chi connectivity index (χ2n) is 13.0. The summed E-state index contributed by atoms with van der Waals surface area (Å²) < 4.78 is 50.2. The molecule has 17 heteroatoms. The highest BCUT2D eigenvalue weighted by atomic mass is 35.5. The van der Waals surface area contributed by atoms with Gasteiger partial charge in [0, 0.05) is 12.1 Å². The lowest BCUT2D eigenvalue weighted by Crippen LogP contribution is -2.61. The maximum atomic E-state index is 12.1. The number of ether oxygens (including phenoxy) is 1. The summed E-state index contributed by atoms with van der Waals surface area (Å²) in [5.74, 6) is 1.13. The van der Waals surface area contributed by atoms with E-state index in [9.17, 15) is 28.1 Å². The number of aromatic nitrogens is 4. The number of aliphatic hydroxyl groups is 2. The van der Waals surface area contributed by atoms with Crippen molar-refractivity contribution >= 4 is 46.2 Å². The largest absolute Gasteiger partial charge is 0.387 e. The van der Waals surface area contributed by atoms with Crippen LogP contribution in [-0.2, 0) is 19.4 Å². The highest BCUT2D eigenvalue weighted by Gasteiger charge is 2.60. The van der Waals surface area contributed by atoms with Crippen molar-refractivity contribution in [2.24, 2.45) is 16.7 Å². The smallest absolute Gasteiger partial charge is 0.284 e. The molecule has 6 N–H and O–H groups in total. The van der Waals surface area contributed by atoms with E-state index >= 15 is 0 Å². The van der Waals surface area contributed by atoms with Gasteiger partial charge in [-0.1, -0.05) is 13.8 Å². The first-order valence-corrected chi connectivity index (χ1v) is 17.0. The van der Waals surface area contributed by atoms with E-state index in [4.69, 9.17) is 20.9 Å². The van der Waals surface area contributed by atoms with Crippen LogP contribution in [0.4, 0.5) is 5.82 Å². The van der Waals surface area contributed by atoms with Crippen molar-refractivity contribution < 1.29 is 37.4 Å². The molecule has 3 heterocycles. The van der Waals surface area contributed by atoms with Gasteiger partial charge in [-0.3, -0.25) is 13.7 Å². The Morgan fingerprint density at radius 1 is 1.15 bits per heavy atom. The molecular weight excluding hydrogens is 587 g/mol. The van der Waals surface area contributed by atoms with E-state index in [1.54, 1.807) is 0 Å². The van der Waals surface area contributed by atoms with Gasteiger partial charge in [0.1, 0.15) is 18.3 Å². The third-order valence-corrected chi connectivity index (χ3v) is 12.4. The molecule has 5 unspecified atom stereocenters. The topological polar surface area (TPSA) is 209 Å². The maximum absolute atomic E-state index is 12.1. The summed E-state index contributed by atoms with van der Waals surface area (Å²) in [4.78, 5) is 23.1. The van der Waals surface area contributed by atoms with Crippen LogP contribution in [0.3, 0.4) is 0 Å². The van der Waals surface area contributed by atoms with Crippen LogP contribution in [0.5, 0.6) is 0 Å². The first kappa shape index (κ1) is 28.7. The number of imidazole rings is 1. The van der Waals surface area contributed by atoms with Crippen molar-refractivity contribution in [1.82, 2.24) is 24.6 Å². The summed E-state index contributed by atoms with van der Waals surface area (Å²) in [6, 6.07) is 0. The van der Waals surface area contributed by atoms with E-state index in [1.165, 1.54) is 30.2 Å². The summed E-state index contributed by atoms with van der Waals surface area (Å²) in [5.41, 5.74) is -0.334. The van der Waals surface area contributed by atoms with Gasteiger partial charge in [0.05, 0.1) is 6.33 Å². The molecule has 0 spiro atoms. The molecule has 1 aliphatic heterocycles. The maximum Gasteiger partial charge on any atom is 0.284 e. The van der Waals surface area contributed by atoms with Gasteiger partial charge in [0.25, 0.3) is 17.6 Å². The van der Waals surface area contributed by atoms with Crippen LogP contribution in [-0.4, -0.2) is 83.5 Å². The zero-order valence-corrected chi connectivity index (χ0v) is 24.5. The fourth-order valence-electron chi connectivity index (χ4n) is 8.63. The predicted octanol–water partition coefficient (Wildman–Crippen LogP) is 1.88. The molecule has 7 rings (SSSR count). The lowest BCUT2D eigenvalue weighted by Gasteiger charge is -2.65. The highest BCUT2D eigenvalue weighted by Crippen LogP contribution is 2.67. The standard InChI is InChI=1S/C23H34ClN6O8PS/c1-21-3-12-4-22(2,7-21)9-23(5-12,8-21)29-17-14-18(28-20(24)27-17)30(10-25-14)19-16(32)15(31)13(38-19)6-26-39(33,34)11-40(35,36)37/h10,12-13,15-16,19,31-32H,3-9,11H2,1-2H3,(H2,26,33,34)(H,27,28,29)(H,35,36,37)/t12-,13?,15?,16?,19?,21+,22-,23-. The van der Waals surface area contributed by atoms with E-state index < -0.39 is 54.2 Å². The zero-order chi connectivity index (χ0) is 28.9. The number of hydrogen-bond acceptors (Lipinski definition) is 10. The number of nitrogens with one attached hydrogen (secondary N) is 2. The number of fused-ring (bicyclic) bond motifs is 1. The van der Waals surface area contributed by atoms with Crippen LogP contribution in [0.1, 0.15) is 58.6 Å². The minimum atomic E-state index is -4.73. The fraction of sp³-hybridized carbons (Fsp3) is 0.783. The Balaban J connectivity index is 1.25. The molecule has 40 heavy (non-hydrogen) atoms. The molecule has 1 saturated heterocycles. The Hall–Kier alpha value is -1.42. The number of anilines is 1. The highest BCUT2D eigenvalue weighted by molar-refractivity contribution is 7.93. The summed E-state index contributed by atoms with van der Waals surface area (Å²) in [5, 5.41) is 27.1. The van der Waals surface area contributed by atoms with Crippen LogP contribution < -0.4 is 10.4 Å². The Labute approximate surface area is 236 Å². The molecule has 222 valence electrons. The van der Waals surface area contributed by atoms with Gasteiger partial charge in [-0.2, -0.15) is 18.4 Å². The Morgan fingerprint density at radius 2 is 1.82 bits per heavy atom. The molecule has 0 aromatic carbocycles. The zero-order valence-electron chi connectivity index (χ0n) is 22.1. The van der Waals surface area contributed by atoms with E-state index in [0.29, 0.717) is 17.3 Å². The van der Waals surface area contributed by atoms with Gasteiger partial charge < -0.3 is 25.2 Å². The first-order valence-electron chi connectivity index (χ1n) is 13.2. The Bertz CT molecular complexity index is 1490. The van der Waals surface area contributed by atoms with Gasteiger partial charge in [-0.15, -0.1) is 0 Å². The molecule has 14 nitrogen and oxygen atoms in total. The molecule has 9 atom stereocenters. The third kappa shape index (κ3) is 5.29. The molecule has 5 aliphatic rings. The van der Waals surface area contributed by atoms with Gasteiger partial charge in [0.15, 0.2) is 28.7 Å². The van der Waals surface area contributed by atoms with E-state index in [-0.39, 0.29) is 27.3 Å². The van der Waals surface area contributed by atoms with Crippen LogP contribution in [0.25, 0.3) is 11.2 Å². The normalized spacial score (nSPS) is 40.5. The van der Waals surface area contributed by atoms with Gasteiger partial charge in [0.2, 0.25) is 5.28 Å². The number of hydrogen-bond donors (Lipinski definition) is 6. The Morgan fingerprint density at radius 3 is 2.45 bits per heavy atom. The average molecular weight is 621 g/mol. The van der Waals surface area contributed by atoms with Crippen molar-refractivity contribution in [3.05, 3.63) is 11.6 Å². The molecule has 4 bridgehead atoms.